The predicted octanol–water partition coefficient (Wildman–Crippen LogP) is 3.37. The number of aliphatic carboxylic acids is 1. The number of fused-ring (bicyclic) bond motifs is 1. The van der Waals surface area contributed by atoms with Crippen LogP contribution in [0.3, 0.4) is 0 Å². The number of carboxylic acids is 1. The first-order valence-electron chi connectivity index (χ1n) is 9.08. The lowest BCUT2D eigenvalue weighted by Crippen LogP contribution is -2.43. The molecule has 1 saturated heterocycles. The van der Waals surface area contributed by atoms with Crippen LogP contribution in [0, 0.1) is 18.8 Å². The summed E-state index contributed by atoms with van der Waals surface area (Å²) in [7, 11) is 0. The van der Waals surface area contributed by atoms with Crippen molar-refractivity contribution in [2.24, 2.45) is 11.8 Å². The van der Waals surface area contributed by atoms with Gasteiger partial charge in [-0.2, -0.15) is 0 Å². The van der Waals surface area contributed by atoms with Crippen molar-refractivity contribution in [2.45, 2.75) is 38.6 Å². The predicted molar refractivity (Wildman–Crippen MR) is 99.4 cm³/mol. The number of thiazole rings is 1. The van der Waals surface area contributed by atoms with Crippen molar-refractivity contribution in [1.29, 1.82) is 0 Å². The van der Waals surface area contributed by atoms with E-state index in [9.17, 15) is 14.7 Å². The van der Waals surface area contributed by atoms with Crippen LogP contribution in [0.25, 0.3) is 0 Å². The molecule has 0 bridgehead atoms. The van der Waals surface area contributed by atoms with Crippen molar-refractivity contribution in [3.8, 4) is 0 Å². The minimum absolute atomic E-state index is 0.105. The number of carbonyl (C=O) groups is 2. The summed E-state index contributed by atoms with van der Waals surface area (Å²) in [4.78, 5) is 31.7. The molecule has 2 fully saturated rings. The molecule has 26 heavy (non-hydrogen) atoms. The number of nitrogens with zero attached hydrogens (tertiary/aromatic N) is 2. The summed E-state index contributed by atoms with van der Waals surface area (Å²) in [6, 6.07) is 9.35. The molecule has 3 unspecified atom stereocenters. The zero-order valence-corrected chi connectivity index (χ0v) is 15.5. The standard InChI is InChI=1S/C20H22N2O3S/c1-12-18(26-16(21-12)10-13-6-3-2-4-7-13)19(23)22-11-14-8-5-9-15(14)17(22)20(24)25/h2-4,6-7,14-15,17H,5,8-11H2,1H3,(H,24,25). The van der Waals surface area contributed by atoms with Gasteiger partial charge in [-0.15, -0.1) is 11.3 Å². The van der Waals surface area contributed by atoms with Gasteiger partial charge >= 0.3 is 5.97 Å². The molecule has 4 rings (SSSR count). The molecule has 3 atom stereocenters. The van der Waals surface area contributed by atoms with Crippen molar-refractivity contribution in [1.82, 2.24) is 9.88 Å². The van der Waals surface area contributed by atoms with Gasteiger partial charge < -0.3 is 10.0 Å². The normalized spacial score (nSPS) is 24.7. The molecule has 1 aromatic heterocycles. The second-order valence-corrected chi connectivity index (χ2v) is 8.36. The van der Waals surface area contributed by atoms with Gasteiger partial charge in [0.05, 0.1) is 10.7 Å². The van der Waals surface area contributed by atoms with Gasteiger partial charge in [0.15, 0.2) is 0 Å². The number of likely N-dealkylation sites (tertiary alicyclic amines) is 1. The molecule has 1 aromatic carbocycles. The van der Waals surface area contributed by atoms with Crippen molar-refractivity contribution < 1.29 is 14.7 Å². The minimum atomic E-state index is -0.876. The molecule has 2 aromatic rings. The highest BCUT2D eigenvalue weighted by Gasteiger charge is 2.50. The molecular weight excluding hydrogens is 348 g/mol. The highest BCUT2D eigenvalue weighted by Crippen LogP contribution is 2.43. The van der Waals surface area contributed by atoms with Crippen molar-refractivity contribution >= 4 is 23.2 Å². The average molecular weight is 370 g/mol. The number of carboxylic acid groups (broad SMARTS) is 1. The van der Waals surface area contributed by atoms with Gasteiger partial charge in [0, 0.05) is 13.0 Å². The Hall–Kier alpha value is -2.21. The van der Waals surface area contributed by atoms with E-state index >= 15 is 0 Å². The number of hydrogen-bond donors (Lipinski definition) is 1. The van der Waals surface area contributed by atoms with Crippen molar-refractivity contribution in [3.63, 3.8) is 0 Å². The van der Waals surface area contributed by atoms with Gasteiger partial charge in [-0.05, 0) is 37.2 Å². The lowest BCUT2D eigenvalue weighted by atomic mass is 9.94. The Bertz CT molecular complexity index is 833. The Balaban J connectivity index is 1.57. The van der Waals surface area contributed by atoms with Crippen LogP contribution in [0.1, 0.15) is 45.2 Å². The second kappa shape index (κ2) is 6.83. The SMILES string of the molecule is Cc1nc(Cc2ccccc2)sc1C(=O)N1CC2CCCC2C1C(=O)O. The van der Waals surface area contributed by atoms with E-state index in [1.54, 1.807) is 4.90 Å². The van der Waals surface area contributed by atoms with Crippen LogP contribution in [0.4, 0.5) is 0 Å². The smallest absolute Gasteiger partial charge is 0.326 e. The lowest BCUT2D eigenvalue weighted by Gasteiger charge is -2.24. The Labute approximate surface area is 156 Å². The third kappa shape index (κ3) is 3.03. The first-order chi connectivity index (χ1) is 12.5. The first-order valence-corrected chi connectivity index (χ1v) is 9.90. The molecule has 2 heterocycles. The summed E-state index contributed by atoms with van der Waals surface area (Å²) >= 11 is 1.40. The molecule has 5 nitrogen and oxygen atoms in total. The summed E-state index contributed by atoms with van der Waals surface area (Å²) in [5.74, 6) is -0.605. The molecule has 1 aliphatic carbocycles. The van der Waals surface area contributed by atoms with Crippen molar-refractivity contribution in [2.75, 3.05) is 6.54 Å². The van der Waals surface area contributed by atoms with Crippen LogP contribution in [-0.2, 0) is 11.2 Å². The minimum Gasteiger partial charge on any atom is -0.480 e. The molecular formula is C20H22N2O3S. The van der Waals surface area contributed by atoms with Gasteiger partial charge in [0.1, 0.15) is 10.9 Å². The Morgan fingerprint density at radius 2 is 2.04 bits per heavy atom. The van der Waals surface area contributed by atoms with E-state index in [1.807, 2.05) is 37.3 Å². The summed E-state index contributed by atoms with van der Waals surface area (Å²) in [6.07, 6.45) is 3.70. The summed E-state index contributed by atoms with van der Waals surface area (Å²) in [5, 5.41) is 10.6. The molecule has 1 saturated carbocycles. The van der Waals surface area contributed by atoms with Crippen LogP contribution < -0.4 is 0 Å². The maximum Gasteiger partial charge on any atom is 0.326 e. The van der Waals surface area contributed by atoms with Crippen LogP contribution in [0.5, 0.6) is 0 Å². The fourth-order valence-corrected chi connectivity index (χ4v) is 5.51. The van der Waals surface area contributed by atoms with E-state index in [1.165, 1.54) is 11.3 Å². The number of amides is 1. The third-order valence-electron chi connectivity index (χ3n) is 5.64. The van der Waals surface area contributed by atoms with Crippen LogP contribution in [0.2, 0.25) is 0 Å². The van der Waals surface area contributed by atoms with Crippen LogP contribution >= 0.6 is 11.3 Å². The number of rotatable bonds is 4. The molecule has 0 spiro atoms. The quantitative estimate of drug-likeness (QED) is 0.896. The number of benzene rings is 1. The van der Waals surface area contributed by atoms with E-state index in [0.717, 1.165) is 29.8 Å². The summed E-state index contributed by atoms with van der Waals surface area (Å²) < 4.78 is 0. The van der Waals surface area contributed by atoms with E-state index < -0.39 is 12.0 Å². The van der Waals surface area contributed by atoms with E-state index in [-0.39, 0.29) is 11.8 Å². The largest absolute Gasteiger partial charge is 0.480 e. The molecule has 0 radical (unpaired) electrons. The second-order valence-electron chi connectivity index (χ2n) is 7.28. The Kier molecular flexibility index (Phi) is 4.53. The fraction of sp³-hybridized carbons (Fsp3) is 0.450. The van der Waals surface area contributed by atoms with E-state index in [0.29, 0.717) is 29.5 Å². The van der Waals surface area contributed by atoms with Gasteiger partial charge in [-0.25, -0.2) is 9.78 Å². The topological polar surface area (TPSA) is 70.5 Å². The van der Waals surface area contributed by atoms with Crippen molar-refractivity contribution in [3.05, 3.63) is 51.5 Å². The molecule has 1 aliphatic heterocycles. The zero-order chi connectivity index (χ0) is 18.3. The highest BCUT2D eigenvalue weighted by atomic mass is 32.1. The molecule has 2 aliphatic rings. The Morgan fingerprint density at radius 1 is 1.27 bits per heavy atom. The number of carbonyl (C=O) groups excluding carboxylic acids is 1. The molecule has 1 N–H and O–H groups in total. The van der Waals surface area contributed by atoms with Crippen LogP contribution in [-0.4, -0.2) is 39.5 Å². The van der Waals surface area contributed by atoms with Gasteiger partial charge in [0.2, 0.25) is 0 Å². The molecule has 6 heteroatoms. The van der Waals surface area contributed by atoms with Gasteiger partial charge in [-0.3, -0.25) is 4.79 Å². The fourth-order valence-electron chi connectivity index (χ4n) is 4.46. The highest BCUT2D eigenvalue weighted by molar-refractivity contribution is 7.13. The average Bonchev–Trinajstić information content (AvgIpc) is 3.28. The number of hydrogen-bond acceptors (Lipinski definition) is 4. The third-order valence-corrected chi connectivity index (χ3v) is 6.78. The maximum atomic E-state index is 13.1. The summed E-state index contributed by atoms with van der Waals surface area (Å²) in [6.45, 7) is 2.40. The molecule has 136 valence electrons. The molecule has 1 amide bonds. The monoisotopic (exact) mass is 370 g/mol. The van der Waals surface area contributed by atoms with E-state index in [4.69, 9.17) is 0 Å². The number of aromatic nitrogens is 1. The summed E-state index contributed by atoms with van der Waals surface area (Å²) in [5.41, 5.74) is 1.85. The first kappa shape index (κ1) is 17.2. The van der Waals surface area contributed by atoms with E-state index in [2.05, 4.69) is 4.98 Å². The van der Waals surface area contributed by atoms with Gasteiger partial charge in [-0.1, -0.05) is 36.8 Å². The maximum absolute atomic E-state index is 13.1. The van der Waals surface area contributed by atoms with Crippen LogP contribution in [0.15, 0.2) is 30.3 Å². The Morgan fingerprint density at radius 3 is 2.77 bits per heavy atom. The lowest BCUT2D eigenvalue weighted by molar-refractivity contribution is -0.142. The van der Waals surface area contributed by atoms with Gasteiger partial charge in [0.25, 0.3) is 5.91 Å². The number of aryl methyl sites for hydroxylation is 1. The zero-order valence-electron chi connectivity index (χ0n) is 14.7.